The lowest BCUT2D eigenvalue weighted by Gasteiger charge is -2.36. The van der Waals surface area contributed by atoms with E-state index in [4.69, 9.17) is 14.5 Å². The lowest BCUT2D eigenvalue weighted by Crippen LogP contribution is -2.49. The first kappa shape index (κ1) is 27.3. The van der Waals surface area contributed by atoms with Gasteiger partial charge in [-0.25, -0.2) is 9.78 Å². The molecule has 0 atom stereocenters. The number of rotatable bonds is 12. The Hall–Kier alpha value is -3.30. The molecule has 2 aliphatic rings. The van der Waals surface area contributed by atoms with Gasteiger partial charge in [-0.2, -0.15) is 0 Å². The van der Waals surface area contributed by atoms with E-state index in [1.165, 1.54) is 0 Å². The molecule has 2 fully saturated rings. The fraction of sp³-hybridized carbons (Fsp3) is 0.533. The lowest BCUT2D eigenvalue weighted by atomic mass is 10.1. The number of urea groups is 1. The summed E-state index contributed by atoms with van der Waals surface area (Å²) < 4.78 is 13.8. The highest BCUT2D eigenvalue weighted by Gasteiger charge is 2.28. The summed E-state index contributed by atoms with van der Waals surface area (Å²) in [5.74, 6) is 1.38. The molecule has 4 heterocycles. The van der Waals surface area contributed by atoms with Crippen LogP contribution >= 0.6 is 0 Å². The number of amides is 2. The Labute approximate surface area is 231 Å². The largest absolute Gasteiger partial charge is 0.493 e. The number of piperazine rings is 1. The van der Waals surface area contributed by atoms with E-state index in [-0.39, 0.29) is 6.03 Å². The van der Waals surface area contributed by atoms with E-state index in [0.29, 0.717) is 31.2 Å². The molecule has 5 rings (SSSR count). The summed E-state index contributed by atoms with van der Waals surface area (Å²) in [7, 11) is 1.65. The summed E-state index contributed by atoms with van der Waals surface area (Å²) in [6.07, 6.45) is 8.18. The molecule has 2 aliphatic heterocycles. The number of carbonyl (C=O) groups is 1. The molecular weight excluding hydrogens is 492 g/mol. The number of nitrogens with one attached hydrogen (secondary N) is 1. The lowest BCUT2D eigenvalue weighted by molar-refractivity contribution is 0.192. The maximum atomic E-state index is 13.7. The molecule has 0 radical (unpaired) electrons. The third-order valence-electron chi connectivity index (χ3n) is 7.76. The van der Waals surface area contributed by atoms with Gasteiger partial charge in [0.2, 0.25) is 0 Å². The Kier molecular flexibility index (Phi) is 9.21. The second-order valence-corrected chi connectivity index (χ2v) is 10.4. The summed E-state index contributed by atoms with van der Waals surface area (Å²) in [4.78, 5) is 24.7. The summed E-state index contributed by atoms with van der Waals surface area (Å²) in [6.45, 7) is 11.0. The Bertz CT molecular complexity index is 1240. The van der Waals surface area contributed by atoms with Crippen molar-refractivity contribution < 1.29 is 14.3 Å². The number of carbonyl (C=O) groups excluding carboxylic acids is 1. The molecule has 1 N–H and O–H groups in total. The number of ether oxygens (including phenoxy) is 2. The number of anilines is 1. The zero-order valence-electron chi connectivity index (χ0n) is 23.4. The van der Waals surface area contributed by atoms with Crippen molar-refractivity contribution in [3.05, 3.63) is 48.3 Å². The molecule has 9 heteroatoms. The van der Waals surface area contributed by atoms with Gasteiger partial charge >= 0.3 is 6.03 Å². The SMILES string of the molecule is CCCCCOc1cc(N2CCCN(Cc3ccnc4c3ccn4CCN3CCNCC3)C2=O)ccc1OC. The van der Waals surface area contributed by atoms with Crippen LogP contribution in [0.4, 0.5) is 10.5 Å². The van der Waals surface area contributed by atoms with E-state index in [1.54, 1.807) is 7.11 Å². The normalized spacial score (nSPS) is 16.7. The molecule has 9 nitrogen and oxygen atoms in total. The minimum Gasteiger partial charge on any atom is -0.493 e. The zero-order chi connectivity index (χ0) is 27.0. The first-order chi connectivity index (χ1) is 19.2. The summed E-state index contributed by atoms with van der Waals surface area (Å²) in [6, 6.07) is 9.99. The third kappa shape index (κ3) is 6.47. The molecule has 210 valence electrons. The second-order valence-electron chi connectivity index (χ2n) is 10.4. The Morgan fingerprint density at radius 2 is 1.87 bits per heavy atom. The number of unbranched alkanes of at least 4 members (excludes halogenated alkanes) is 2. The van der Waals surface area contributed by atoms with Crippen molar-refractivity contribution in [2.75, 3.05) is 64.4 Å². The number of aromatic nitrogens is 2. The van der Waals surface area contributed by atoms with Crippen LogP contribution in [0, 0.1) is 0 Å². The average molecular weight is 535 g/mol. The minimum atomic E-state index is 0.0199. The van der Waals surface area contributed by atoms with Crippen molar-refractivity contribution in [1.82, 2.24) is 24.7 Å². The molecule has 3 aromatic rings. The minimum absolute atomic E-state index is 0.0199. The van der Waals surface area contributed by atoms with Gasteiger partial charge in [0.05, 0.1) is 13.7 Å². The van der Waals surface area contributed by atoms with E-state index in [9.17, 15) is 4.79 Å². The number of methoxy groups -OCH3 is 1. The Balaban J connectivity index is 1.28. The summed E-state index contributed by atoms with van der Waals surface area (Å²) >= 11 is 0. The van der Waals surface area contributed by atoms with Gasteiger partial charge in [0.25, 0.3) is 0 Å². The van der Waals surface area contributed by atoms with Gasteiger partial charge in [-0.05, 0) is 42.7 Å². The Morgan fingerprint density at radius 1 is 1.00 bits per heavy atom. The fourth-order valence-corrected chi connectivity index (χ4v) is 5.50. The van der Waals surface area contributed by atoms with Crippen LogP contribution in [0.1, 0.15) is 38.2 Å². The van der Waals surface area contributed by atoms with E-state index in [0.717, 1.165) is 93.8 Å². The highest BCUT2D eigenvalue weighted by molar-refractivity contribution is 5.93. The van der Waals surface area contributed by atoms with Crippen LogP contribution < -0.4 is 19.7 Å². The van der Waals surface area contributed by atoms with Crippen LogP contribution in [0.2, 0.25) is 0 Å². The fourth-order valence-electron chi connectivity index (χ4n) is 5.50. The van der Waals surface area contributed by atoms with Crippen LogP contribution in [0.25, 0.3) is 11.0 Å². The van der Waals surface area contributed by atoms with Crippen molar-refractivity contribution in [2.45, 2.75) is 45.7 Å². The maximum Gasteiger partial charge on any atom is 0.324 e. The van der Waals surface area contributed by atoms with Crippen molar-refractivity contribution in [3.8, 4) is 11.5 Å². The number of pyridine rings is 1. The molecule has 2 saturated heterocycles. The number of hydrogen-bond donors (Lipinski definition) is 1. The molecule has 0 saturated carbocycles. The van der Waals surface area contributed by atoms with Gasteiger partial charge in [0.15, 0.2) is 11.5 Å². The van der Waals surface area contributed by atoms with Gasteiger partial charge < -0.3 is 24.3 Å². The monoisotopic (exact) mass is 534 g/mol. The van der Waals surface area contributed by atoms with Gasteiger partial charge in [-0.15, -0.1) is 0 Å². The van der Waals surface area contributed by atoms with E-state index in [1.807, 2.05) is 40.3 Å². The molecule has 0 unspecified atom stereocenters. The van der Waals surface area contributed by atoms with Gasteiger partial charge in [-0.3, -0.25) is 9.80 Å². The van der Waals surface area contributed by atoms with Crippen LogP contribution in [-0.2, 0) is 13.1 Å². The number of fused-ring (bicyclic) bond motifs is 1. The molecule has 1 aromatic carbocycles. The molecule has 0 bridgehead atoms. The maximum absolute atomic E-state index is 13.7. The van der Waals surface area contributed by atoms with Crippen molar-refractivity contribution >= 4 is 22.8 Å². The highest BCUT2D eigenvalue weighted by atomic mass is 16.5. The van der Waals surface area contributed by atoms with Crippen LogP contribution in [-0.4, -0.2) is 84.9 Å². The van der Waals surface area contributed by atoms with E-state index < -0.39 is 0 Å². The van der Waals surface area contributed by atoms with Crippen LogP contribution in [0.15, 0.2) is 42.7 Å². The first-order valence-corrected chi connectivity index (χ1v) is 14.4. The quantitative estimate of drug-likeness (QED) is 0.348. The molecule has 39 heavy (non-hydrogen) atoms. The van der Waals surface area contributed by atoms with Gasteiger partial charge in [-0.1, -0.05) is 19.8 Å². The van der Waals surface area contributed by atoms with E-state index >= 15 is 0 Å². The molecule has 2 amide bonds. The average Bonchev–Trinajstić information content (AvgIpc) is 3.40. The summed E-state index contributed by atoms with van der Waals surface area (Å²) in [5, 5.41) is 4.53. The van der Waals surface area contributed by atoms with E-state index in [2.05, 4.69) is 34.0 Å². The first-order valence-electron chi connectivity index (χ1n) is 14.4. The van der Waals surface area contributed by atoms with Crippen LogP contribution in [0.3, 0.4) is 0 Å². The molecule has 0 spiro atoms. The number of benzene rings is 1. The predicted octanol–water partition coefficient (Wildman–Crippen LogP) is 4.35. The van der Waals surface area contributed by atoms with Crippen molar-refractivity contribution in [3.63, 3.8) is 0 Å². The van der Waals surface area contributed by atoms with Crippen LogP contribution in [0.5, 0.6) is 11.5 Å². The topological polar surface area (TPSA) is 75.1 Å². The number of nitrogens with zero attached hydrogens (tertiary/aromatic N) is 5. The Morgan fingerprint density at radius 3 is 2.69 bits per heavy atom. The molecule has 2 aromatic heterocycles. The third-order valence-corrected chi connectivity index (χ3v) is 7.76. The molecule has 0 aliphatic carbocycles. The van der Waals surface area contributed by atoms with Gasteiger partial charge in [0.1, 0.15) is 5.65 Å². The number of hydrogen-bond acceptors (Lipinski definition) is 6. The summed E-state index contributed by atoms with van der Waals surface area (Å²) in [5.41, 5.74) is 2.96. The predicted molar refractivity (Wildman–Crippen MR) is 155 cm³/mol. The van der Waals surface area contributed by atoms with Gasteiger partial charge in [0, 0.05) is 88.4 Å². The highest BCUT2D eigenvalue weighted by Crippen LogP contribution is 2.33. The van der Waals surface area contributed by atoms with Crippen molar-refractivity contribution in [1.29, 1.82) is 0 Å². The second kappa shape index (κ2) is 13.2. The standard InChI is InChI=1S/C30H42N6O3/c1-3-4-5-21-39-28-22-25(7-8-27(28)38-2)36-15-6-14-35(30(36)37)23-24-9-11-32-29-26(24)10-16-34(29)20-19-33-17-12-31-13-18-33/h7-11,16,22,31H,3-6,12-15,17-21,23H2,1-2H3. The smallest absolute Gasteiger partial charge is 0.324 e. The zero-order valence-corrected chi connectivity index (χ0v) is 23.4. The van der Waals surface area contributed by atoms with Crippen molar-refractivity contribution in [2.24, 2.45) is 0 Å². The molecular formula is C30H42N6O3.